The van der Waals surface area contributed by atoms with Gasteiger partial charge in [-0.1, -0.05) is 6.92 Å². The van der Waals surface area contributed by atoms with Crippen molar-refractivity contribution < 1.29 is 14.7 Å². The average molecular weight is 237 g/mol. The van der Waals surface area contributed by atoms with Gasteiger partial charge in [0, 0.05) is 12.7 Å². The molecule has 92 valence electrons. The fraction of sp³-hybridized carbons (Fsp3) is 0.364. The minimum atomic E-state index is -0.878. The Morgan fingerprint density at radius 2 is 2.29 bits per heavy atom. The third-order valence-electron chi connectivity index (χ3n) is 2.43. The SMILES string of the molecule is CCC(CNc1ncccc1C(N)=O)C(=O)O. The maximum Gasteiger partial charge on any atom is 0.308 e. The molecule has 6 heteroatoms. The first kappa shape index (κ1) is 13.0. The molecule has 0 radical (unpaired) electrons. The van der Waals surface area contributed by atoms with Crippen molar-refractivity contribution in [2.75, 3.05) is 11.9 Å². The number of aromatic nitrogens is 1. The van der Waals surface area contributed by atoms with E-state index in [2.05, 4.69) is 10.3 Å². The van der Waals surface area contributed by atoms with Gasteiger partial charge in [0.2, 0.25) is 0 Å². The van der Waals surface area contributed by atoms with Gasteiger partial charge in [0.15, 0.2) is 0 Å². The van der Waals surface area contributed by atoms with Crippen LogP contribution in [0.2, 0.25) is 0 Å². The zero-order chi connectivity index (χ0) is 12.8. The summed E-state index contributed by atoms with van der Waals surface area (Å²) in [4.78, 5) is 25.9. The van der Waals surface area contributed by atoms with E-state index in [4.69, 9.17) is 10.8 Å². The molecule has 1 rings (SSSR count). The number of pyridine rings is 1. The Kier molecular flexibility index (Phi) is 4.45. The topological polar surface area (TPSA) is 105 Å². The Hall–Kier alpha value is -2.11. The van der Waals surface area contributed by atoms with Gasteiger partial charge in [-0.25, -0.2) is 4.98 Å². The van der Waals surface area contributed by atoms with E-state index in [9.17, 15) is 9.59 Å². The second-order valence-electron chi connectivity index (χ2n) is 3.59. The number of rotatable bonds is 6. The normalized spacial score (nSPS) is 11.8. The van der Waals surface area contributed by atoms with Crippen LogP contribution >= 0.6 is 0 Å². The lowest BCUT2D eigenvalue weighted by atomic mass is 10.1. The highest BCUT2D eigenvalue weighted by atomic mass is 16.4. The van der Waals surface area contributed by atoms with Crippen LogP contribution < -0.4 is 11.1 Å². The molecule has 1 amide bonds. The number of carbonyl (C=O) groups excluding carboxylic acids is 1. The van der Waals surface area contributed by atoms with E-state index in [1.807, 2.05) is 0 Å². The van der Waals surface area contributed by atoms with Crippen molar-refractivity contribution in [3.05, 3.63) is 23.9 Å². The van der Waals surface area contributed by atoms with Crippen LogP contribution in [0.15, 0.2) is 18.3 Å². The van der Waals surface area contributed by atoms with E-state index in [0.29, 0.717) is 12.2 Å². The van der Waals surface area contributed by atoms with Gasteiger partial charge in [0.05, 0.1) is 11.5 Å². The van der Waals surface area contributed by atoms with Gasteiger partial charge >= 0.3 is 5.97 Å². The highest BCUT2D eigenvalue weighted by molar-refractivity contribution is 5.97. The van der Waals surface area contributed by atoms with Crippen molar-refractivity contribution in [3.8, 4) is 0 Å². The predicted molar refractivity (Wildman–Crippen MR) is 62.7 cm³/mol. The molecule has 4 N–H and O–H groups in total. The highest BCUT2D eigenvalue weighted by Gasteiger charge is 2.16. The number of nitrogens with two attached hydrogens (primary N) is 1. The third kappa shape index (κ3) is 3.44. The van der Waals surface area contributed by atoms with E-state index in [0.717, 1.165) is 0 Å². The molecule has 1 atom stereocenters. The lowest BCUT2D eigenvalue weighted by Gasteiger charge is -2.12. The molecule has 0 bridgehead atoms. The summed E-state index contributed by atoms with van der Waals surface area (Å²) in [5.74, 6) is -1.67. The second-order valence-corrected chi connectivity index (χ2v) is 3.59. The van der Waals surface area contributed by atoms with Gasteiger partial charge in [0.1, 0.15) is 5.82 Å². The zero-order valence-electron chi connectivity index (χ0n) is 9.51. The van der Waals surface area contributed by atoms with Crippen LogP contribution in [0, 0.1) is 5.92 Å². The molecule has 6 nitrogen and oxygen atoms in total. The van der Waals surface area contributed by atoms with E-state index in [1.54, 1.807) is 19.1 Å². The van der Waals surface area contributed by atoms with Crippen molar-refractivity contribution in [3.63, 3.8) is 0 Å². The molecule has 0 aliphatic heterocycles. The highest BCUT2D eigenvalue weighted by Crippen LogP contribution is 2.12. The standard InChI is InChI=1S/C11H15N3O3/c1-2-7(11(16)17)6-14-10-8(9(12)15)4-3-5-13-10/h3-5,7H,2,6H2,1H3,(H2,12,15)(H,13,14)(H,16,17). The first-order valence-electron chi connectivity index (χ1n) is 5.27. The first-order chi connectivity index (χ1) is 8.06. The molecular weight excluding hydrogens is 222 g/mol. The molecule has 0 aliphatic rings. The lowest BCUT2D eigenvalue weighted by molar-refractivity contribution is -0.141. The van der Waals surface area contributed by atoms with Crippen LogP contribution in [0.1, 0.15) is 23.7 Å². The second kappa shape index (κ2) is 5.83. The summed E-state index contributed by atoms with van der Waals surface area (Å²) in [5, 5.41) is 11.7. The number of carboxylic acids is 1. The fourth-order valence-electron chi connectivity index (χ4n) is 1.37. The molecule has 17 heavy (non-hydrogen) atoms. The molecular formula is C11H15N3O3. The van der Waals surface area contributed by atoms with Crippen LogP contribution in [0.3, 0.4) is 0 Å². The summed E-state index contributed by atoms with van der Waals surface area (Å²) in [6.45, 7) is 2.00. The summed E-state index contributed by atoms with van der Waals surface area (Å²) in [7, 11) is 0. The number of aliphatic carboxylic acids is 1. The molecule has 0 fully saturated rings. The molecule has 0 aromatic carbocycles. The summed E-state index contributed by atoms with van der Waals surface area (Å²) >= 11 is 0. The molecule has 0 spiro atoms. The number of nitrogens with one attached hydrogen (secondary N) is 1. The molecule has 0 aliphatic carbocycles. The number of amides is 1. The van der Waals surface area contributed by atoms with Crippen molar-refractivity contribution in [1.29, 1.82) is 0 Å². The van der Waals surface area contributed by atoms with Gasteiger partial charge in [-0.05, 0) is 18.6 Å². The molecule has 1 heterocycles. The van der Waals surface area contributed by atoms with E-state index >= 15 is 0 Å². The molecule has 0 saturated heterocycles. The van der Waals surface area contributed by atoms with Crippen molar-refractivity contribution in [2.24, 2.45) is 11.7 Å². The Labute approximate surface area is 98.8 Å². The summed E-state index contributed by atoms with van der Waals surface area (Å²) in [5.41, 5.74) is 5.44. The monoisotopic (exact) mass is 237 g/mol. The van der Waals surface area contributed by atoms with Crippen molar-refractivity contribution in [1.82, 2.24) is 4.98 Å². The first-order valence-corrected chi connectivity index (χ1v) is 5.27. The number of primary amides is 1. The maximum absolute atomic E-state index is 11.1. The summed E-state index contributed by atoms with van der Waals surface area (Å²) < 4.78 is 0. The average Bonchev–Trinajstić information content (AvgIpc) is 2.29. The number of carboxylic acid groups (broad SMARTS) is 1. The Morgan fingerprint density at radius 3 is 2.82 bits per heavy atom. The number of carbonyl (C=O) groups is 2. The van der Waals surface area contributed by atoms with Gasteiger partial charge in [0.25, 0.3) is 5.91 Å². The van der Waals surface area contributed by atoms with Gasteiger partial charge < -0.3 is 16.2 Å². The summed E-state index contributed by atoms with van der Waals surface area (Å²) in [6, 6.07) is 3.14. The Bertz CT molecular complexity index is 420. The minimum absolute atomic E-state index is 0.211. The third-order valence-corrected chi connectivity index (χ3v) is 2.43. The van der Waals surface area contributed by atoms with E-state index in [-0.39, 0.29) is 12.1 Å². The number of hydrogen-bond donors (Lipinski definition) is 3. The van der Waals surface area contributed by atoms with Crippen LogP contribution in [-0.4, -0.2) is 28.5 Å². The largest absolute Gasteiger partial charge is 0.481 e. The molecule has 1 aromatic heterocycles. The van der Waals surface area contributed by atoms with Gasteiger partial charge in [-0.15, -0.1) is 0 Å². The number of anilines is 1. The van der Waals surface area contributed by atoms with Gasteiger partial charge in [-0.3, -0.25) is 9.59 Å². The van der Waals surface area contributed by atoms with E-state index < -0.39 is 17.8 Å². The Balaban J connectivity index is 2.75. The van der Waals surface area contributed by atoms with Crippen LogP contribution in [0.4, 0.5) is 5.82 Å². The quantitative estimate of drug-likeness (QED) is 0.675. The predicted octanol–water partition coefficient (Wildman–Crippen LogP) is 0.703. The van der Waals surface area contributed by atoms with Gasteiger partial charge in [-0.2, -0.15) is 0 Å². The Morgan fingerprint density at radius 1 is 1.59 bits per heavy atom. The fourth-order valence-corrected chi connectivity index (χ4v) is 1.37. The van der Waals surface area contributed by atoms with Crippen molar-refractivity contribution >= 4 is 17.7 Å². The minimum Gasteiger partial charge on any atom is -0.481 e. The lowest BCUT2D eigenvalue weighted by Crippen LogP contribution is -2.24. The summed E-state index contributed by atoms with van der Waals surface area (Å²) in [6.07, 6.45) is 2.01. The van der Waals surface area contributed by atoms with E-state index in [1.165, 1.54) is 6.20 Å². The zero-order valence-corrected chi connectivity index (χ0v) is 9.51. The number of nitrogens with zero attached hydrogens (tertiary/aromatic N) is 1. The maximum atomic E-state index is 11.1. The van der Waals surface area contributed by atoms with Crippen LogP contribution in [0.5, 0.6) is 0 Å². The number of hydrogen-bond acceptors (Lipinski definition) is 4. The van der Waals surface area contributed by atoms with Crippen LogP contribution in [0.25, 0.3) is 0 Å². The van der Waals surface area contributed by atoms with Crippen LogP contribution in [-0.2, 0) is 4.79 Å². The smallest absolute Gasteiger partial charge is 0.308 e. The molecule has 1 unspecified atom stereocenters. The molecule has 0 saturated carbocycles. The van der Waals surface area contributed by atoms with Crippen molar-refractivity contribution in [2.45, 2.75) is 13.3 Å². The molecule has 1 aromatic rings.